The minimum Gasteiger partial charge on any atom is -0.325 e. The maximum atomic E-state index is 13.0. The summed E-state index contributed by atoms with van der Waals surface area (Å²) in [5, 5.41) is 2.76. The number of benzene rings is 2. The molecule has 0 aliphatic carbocycles. The van der Waals surface area contributed by atoms with Crippen LogP contribution < -0.4 is 10.2 Å². The van der Waals surface area contributed by atoms with Crippen molar-refractivity contribution in [2.45, 2.75) is 13.8 Å². The first-order chi connectivity index (χ1) is 12.8. The number of aryl methyl sites for hydroxylation is 2. The maximum absolute atomic E-state index is 13.0. The van der Waals surface area contributed by atoms with E-state index in [0.717, 1.165) is 11.1 Å². The highest BCUT2D eigenvalue weighted by atomic mass is 19.1. The van der Waals surface area contributed by atoms with Crippen LogP contribution in [0.5, 0.6) is 0 Å². The van der Waals surface area contributed by atoms with Crippen LogP contribution in [0.1, 0.15) is 11.1 Å². The zero-order valence-corrected chi connectivity index (χ0v) is 15.2. The summed E-state index contributed by atoms with van der Waals surface area (Å²) in [5.74, 6) is -2.26. The van der Waals surface area contributed by atoms with Crippen molar-refractivity contribution in [3.05, 3.63) is 59.4 Å². The van der Waals surface area contributed by atoms with Gasteiger partial charge in [0.05, 0.1) is 0 Å². The van der Waals surface area contributed by atoms with E-state index in [4.69, 9.17) is 0 Å². The molecule has 140 valence electrons. The van der Waals surface area contributed by atoms with Gasteiger partial charge < -0.3 is 15.1 Å². The average molecular weight is 369 g/mol. The molecule has 2 aromatic rings. The van der Waals surface area contributed by atoms with E-state index in [2.05, 4.69) is 5.32 Å². The Morgan fingerprint density at radius 3 is 2.26 bits per heavy atom. The number of carbonyl (C=O) groups is 3. The lowest BCUT2D eigenvalue weighted by atomic mass is 10.1. The molecule has 0 saturated carbocycles. The number of amides is 3. The van der Waals surface area contributed by atoms with E-state index in [1.54, 1.807) is 0 Å². The van der Waals surface area contributed by atoms with Crippen LogP contribution in [0.2, 0.25) is 0 Å². The van der Waals surface area contributed by atoms with E-state index >= 15 is 0 Å². The van der Waals surface area contributed by atoms with E-state index in [1.807, 2.05) is 32.0 Å². The summed E-state index contributed by atoms with van der Waals surface area (Å²) in [5.41, 5.74) is 3.14. The molecule has 6 nitrogen and oxygen atoms in total. The van der Waals surface area contributed by atoms with Crippen molar-refractivity contribution in [1.29, 1.82) is 0 Å². The van der Waals surface area contributed by atoms with Crippen LogP contribution in [-0.4, -0.2) is 42.3 Å². The van der Waals surface area contributed by atoms with E-state index in [0.29, 0.717) is 11.4 Å². The van der Waals surface area contributed by atoms with Crippen LogP contribution in [0.4, 0.5) is 15.8 Å². The molecule has 1 aliphatic heterocycles. The van der Waals surface area contributed by atoms with Crippen LogP contribution >= 0.6 is 0 Å². The van der Waals surface area contributed by atoms with Crippen molar-refractivity contribution in [2.75, 3.05) is 29.9 Å². The first-order valence-corrected chi connectivity index (χ1v) is 8.58. The summed E-state index contributed by atoms with van der Waals surface area (Å²) in [6.45, 7) is 4.13. The molecule has 1 N–H and O–H groups in total. The zero-order chi connectivity index (χ0) is 19.6. The molecule has 0 spiro atoms. The Morgan fingerprint density at radius 1 is 1.00 bits per heavy atom. The SMILES string of the molecule is Cc1cc(C)cc(NC(=O)CN2CCN(c3ccc(F)cc3)C(=O)C2=O)c1. The van der Waals surface area contributed by atoms with Gasteiger partial charge in [-0.2, -0.15) is 0 Å². The molecule has 1 fully saturated rings. The van der Waals surface area contributed by atoms with Gasteiger partial charge >= 0.3 is 11.8 Å². The van der Waals surface area contributed by atoms with E-state index in [9.17, 15) is 18.8 Å². The molecule has 2 aromatic carbocycles. The Morgan fingerprint density at radius 2 is 1.63 bits per heavy atom. The molecule has 0 unspecified atom stereocenters. The van der Waals surface area contributed by atoms with Gasteiger partial charge in [-0.25, -0.2) is 4.39 Å². The molecular weight excluding hydrogens is 349 g/mol. The van der Waals surface area contributed by atoms with Crippen molar-refractivity contribution in [1.82, 2.24) is 4.90 Å². The average Bonchev–Trinajstić information content (AvgIpc) is 2.59. The minimum atomic E-state index is -0.749. The molecule has 3 amide bonds. The van der Waals surface area contributed by atoms with E-state index in [-0.39, 0.29) is 25.5 Å². The number of carbonyl (C=O) groups excluding carboxylic acids is 3. The second kappa shape index (κ2) is 7.57. The second-order valence-electron chi connectivity index (χ2n) is 6.58. The molecule has 1 heterocycles. The lowest BCUT2D eigenvalue weighted by Gasteiger charge is -2.33. The summed E-state index contributed by atoms with van der Waals surface area (Å²) in [7, 11) is 0. The monoisotopic (exact) mass is 369 g/mol. The summed E-state index contributed by atoms with van der Waals surface area (Å²) >= 11 is 0. The number of piperazine rings is 1. The predicted molar refractivity (Wildman–Crippen MR) is 99.9 cm³/mol. The van der Waals surface area contributed by atoms with Crippen molar-refractivity contribution in [3.8, 4) is 0 Å². The van der Waals surface area contributed by atoms with Crippen LogP contribution in [0.25, 0.3) is 0 Å². The number of nitrogens with one attached hydrogen (secondary N) is 1. The van der Waals surface area contributed by atoms with Crippen molar-refractivity contribution in [2.24, 2.45) is 0 Å². The maximum Gasteiger partial charge on any atom is 0.316 e. The topological polar surface area (TPSA) is 69.7 Å². The van der Waals surface area contributed by atoms with Gasteiger partial charge in [-0.3, -0.25) is 14.4 Å². The third-order valence-corrected chi connectivity index (χ3v) is 4.29. The lowest BCUT2D eigenvalue weighted by molar-refractivity contribution is -0.147. The molecule has 0 aromatic heterocycles. The third kappa shape index (κ3) is 4.31. The summed E-state index contributed by atoms with van der Waals surface area (Å²) < 4.78 is 13.0. The van der Waals surface area contributed by atoms with Gasteiger partial charge in [-0.05, 0) is 61.4 Å². The molecular formula is C20H20FN3O3. The van der Waals surface area contributed by atoms with Gasteiger partial charge in [0.2, 0.25) is 5.91 Å². The highest BCUT2D eigenvalue weighted by Crippen LogP contribution is 2.19. The Kier molecular flexibility index (Phi) is 5.21. The zero-order valence-electron chi connectivity index (χ0n) is 15.2. The van der Waals surface area contributed by atoms with Crippen LogP contribution in [0.3, 0.4) is 0 Å². The molecule has 0 radical (unpaired) electrons. The normalized spacial score (nSPS) is 14.5. The quantitative estimate of drug-likeness (QED) is 0.841. The van der Waals surface area contributed by atoms with Gasteiger partial charge in [-0.15, -0.1) is 0 Å². The van der Waals surface area contributed by atoms with Gasteiger partial charge in [0, 0.05) is 24.5 Å². The smallest absolute Gasteiger partial charge is 0.316 e. The first kappa shape index (κ1) is 18.6. The molecule has 7 heteroatoms. The van der Waals surface area contributed by atoms with Crippen LogP contribution in [-0.2, 0) is 14.4 Å². The predicted octanol–water partition coefficient (Wildman–Crippen LogP) is 2.26. The van der Waals surface area contributed by atoms with Crippen LogP contribution in [0.15, 0.2) is 42.5 Å². The van der Waals surface area contributed by atoms with Gasteiger partial charge in [-0.1, -0.05) is 6.07 Å². The van der Waals surface area contributed by atoms with E-state index < -0.39 is 17.6 Å². The lowest BCUT2D eigenvalue weighted by Crippen LogP contribution is -2.56. The number of hydrogen-bond acceptors (Lipinski definition) is 3. The summed E-state index contributed by atoms with van der Waals surface area (Å²) in [6.07, 6.45) is 0. The number of nitrogens with zero attached hydrogens (tertiary/aromatic N) is 2. The van der Waals surface area contributed by atoms with Gasteiger partial charge in [0.15, 0.2) is 0 Å². The molecule has 3 rings (SSSR count). The number of hydrogen-bond donors (Lipinski definition) is 1. The largest absolute Gasteiger partial charge is 0.325 e. The van der Waals surface area contributed by atoms with Gasteiger partial charge in [0.25, 0.3) is 0 Å². The summed E-state index contributed by atoms with van der Waals surface area (Å²) in [6, 6.07) is 11.0. The Balaban J connectivity index is 1.63. The number of halogens is 1. The third-order valence-electron chi connectivity index (χ3n) is 4.29. The summed E-state index contributed by atoms with van der Waals surface area (Å²) in [4.78, 5) is 39.5. The molecule has 1 aliphatic rings. The van der Waals surface area contributed by atoms with Crippen molar-refractivity contribution >= 4 is 29.1 Å². The Bertz CT molecular complexity index is 876. The molecule has 27 heavy (non-hydrogen) atoms. The van der Waals surface area contributed by atoms with E-state index in [1.165, 1.54) is 34.1 Å². The minimum absolute atomic E-state index is 0.200. The highest BCUT2D eigenvalue weighted by Gasteiger charge is 2.34. The molecule has 0 bridgehead atoms. The first-order valence-electron chi connectivity index (χ1n) is 8.58. The Labute approximate surface area is 156 Å². The fourth-order valence-electron chi connectivity index (χ4n) is 3.11. The number of rotatable bonds is 4. The Hall–Kier alpha value is -3.22. The standard InChI is InChI=1S/C20H20FN3O3/c1-13-9-14(2)11-16(10-13)22-18(25)12-23-7-8-24(20(27)19(23)26)17-5-3-15(21)4-6-17/h3-6,9-11H,7-8,12H2,1-2H3,(H,22,25). The highest BCUT2D eigenvalue weighted by molar-refractivity contribution is 6.41. The second-order valence-corrected chi connectivity index (χ2v) is 6.58. The fraction of sp³-hybridized carbons (Fsp3) is 0.250. The van der Waals surface area contributed by atoms with Crippen molar-refractivity contribution < 1.29 is 18.8 Å². The molecule has 0 atom stereocenters. The molecule has 1 saturated heterocycles. The fourth-order valence-corrected chi connectivity index (χ4v) is 3.11. The number of anilines is 2. The van der Waals surface area contributed by atoms with Crippen LogP contribution in [0, 0.1) is 19.7 Å². The van der Waals surface area contributed by atoms with Gasteiger partial charge in [0.1, 0.15) is 12.4 Å². The van der Waals surface area contributed by atoms with Crippen molar-refractivity contribution in [3.63, 3.8) is 0 Å².